The maximum Gasteiger partial charge on any atom is 0.254 e. The number of likely N-dealkylation sites (N-methyl/N-ethyl adjacent to an activating group) is 1. The number of nitrogens with zero attached hydrogens (tertiary/aromatic N) is 3. The Kier molecular flexibility index (Phi) is 6.37. The third-order valence-electron chi connectivity index (χ3n) is 3.61. The lowest BCUT2D eigenvalue weighted by Gasteiger charge is -2.24. The first-order valence-corrected chi connectivity index (χ1v) is 8.17. The highest BCUT2D eigenvalue weighted by molar-refractivity contribution is 5.94. The molecule has 6 nitrogen and oxygen atoms in total. The fourth-order valence-corrected chi connectivity index (χ4v) is 2.40. The Hall–Kier alpha value is -2.34. The van der Waals surface area contributed by atoms with E-state index in [1.165, 1.54) is 0 Å². The number of imidazole rings is 1. The quantitative estimate of drug-likeness (QED) is 0.807. The van der Waals surface area contributed by atoms with Crippen molar-refractivity contribution in [3.63, 3.8) is 0 Å². The number of benzene rings is 1. The third kappa shape index (κ3) is 5.09. The van der Waals surface area contributed by atoms with Crippen LogP contribution in [0.1, 0.15) is 28.8 Å². The van der Waals surface area contributed by atoms with Crippen LogP contribution in [0.25, 0.3) is 0 Å². The van der Waals surface area contributed by atoms with Crippen LogP contribution in [0.3, 0.4) is 0 Å². The van der Waals surface area contributed by atoms with Crippen LogP contribution in [0, 0.1) is 6.92 Å². The van der Waals surface area contributed by atoms with Crippen molar-refractivity contribution in [2.45, 2.75) is 20.4 Å². The molecule has 0 unspecified atom stereocenters. The molecule has 0 saturated carbocycles. The summed E-state index contributed by atoms with van der Waals surface area (Å²) in [6, 6.07) is 7.34. The van der Waals surface area contributed by atoms with Gasteiger partial charge in [0.1, 0.15) is 11.6 Å². The molecule has 0 radical (unpaired) electrons. The van der Waals surface area contributed by atoms with Gasteiger partial charge in [0.25, 0.3) is 5.91 Å². The van der Waals surface area contributed by atoms with Crippen LogP contribution < -0.4 is 4.74 Å². The van der Waals surface area contributed by atoms with Gasteiger partial charge in [-0.2, -0.15) is 0 Å². The summed E-state index contributed by atoms with van der Waals surface area (Å²) < 4.78 is 5.50. The highest BCUT2D eigenvalue weighted by atomic mass is 16.5. The van der Waals surface area contributed by atoms with Gasteiger partial charge in [-0.1, -0.05) is 6.07 Å². The molecule has 0 aliphatic rings. The first kappa shape index (κ1) is 18.0. The number of aromatic amines is 1. The summed E-state index contributed by atoms with van der Waals surface area (Å²) in [6.45, 7) is 6.36. The molecule has 2 aromatic rings. The van der Waals surface area contributed by atoms with Crippen molar-refractivity contribution >= 4 is 5.91 Å². The molecule has 2 rings (SSSR count). The van der Waals surface area contributed by atoms with Crippen LogP contribution in [-0.4, -0.2) is 59.5 Å². The predicted octanol–water partition coefficient (Wildman–Crippen LogP) is 2.32. The minimum absolute atomic E-state index is 0.00865. The number of nitrogens with one attached hydrogen (secondary N) is 1. The second-order valence-corrected chi connectivity index (χ2v) is 5.98. The van der Waals surface area contributed by atoms with Gasteiger partial charge < -0.3 is 19.5 Å². The number of hydrogen-bond donors (Lipinski definition) is 1. The zero-order valence-electron chi connectivity index (χ0n) is 14.9. The number of carbonyl (C=O) groups excluding carboxylic acids is 1. The molecular weight excluding hydrogens is 304 g/mol. The van der Waals surface area contributed by atoms with Gasteiger partial charge in [0.15, 0.2) is 0 Å². The lowest BCUT2D eigenvalue weighted by molar-refractivity contribution is 0.0729. The van der Waals surface area contributed by atoms with E-state index in [-0.39, 0.29) is 5.91 Å². The molecular formula is C18H26N4O2. The standard InChI is InChI=1S/C18H26N4O2/c1-5-24-17-8-6-7-15(11-17)18(23)22(10-9-21(3)4)13-16-12-19-14(2)20-16/h6-8,11-12H,5,9-10,13H2,1-4H3,(H,19,20). The van der Waals surface area contributed by atoms with Crippen LogP contribution >= 0.6 is 0 Å². The average Bonchev–Trinajstić information content (AvgIpc) is 2.96. The predicted molar refractivity (Wildman–Crippen MR) is 94.2 cm³/mol. The Morgan fingerprint density at radius 3 is 2.71 bits per heavy atom. The summed E-state index contributed by atoms with van der Waals surface area (Å²) in [6.07, 6.45) is 1.78. The number of hydrogen-bond acceptors (Lipinski definition) is 4. The molecule has 0 aliphatic heterocycles. The van der Waals surface area contributed by atoms with Crippen molar-refractivity contribution < 1.29 is 9.53 Å². The van der Waals surface area contributed by atoms with Gasteiger partial charge in [0.05, 0.1) is 25.0 Å². The van der Waals surface area contributed by atoms with Crippen LogP contribution in [0.2, 0.25) is 0 Å². The number of aromatic nitrogens is 2. The highest BCUT2D eigenvalue weighted by Gasteiger charge is 2.17. The van der Waals surface area contributed by atoms with E-state index in [0.717, 1.165) is 18.1 Å². The number of rotatable bonds is 8. The Balaban J connectivity index is 2.17. The molecule has 0 fully saturated rings. The van der Waals surface area contributed by atoms with E-state index in [9.17, 15) is 4.79 Å². The zero-order chi connectivity index (χ0) is 17.5. The molecule has 1 aromatic heterocycles. The fraction of sp³-hybridized carbons (Fsp3) is 0.444. The van der Waals surface area contributed by atoms with Crippen molar-refractivity contribution in [2.75, 3.05) is 33.8 Å². The number of aryl methyl sites for hydroxylation is 1. The second-order valence-electron chi connectivity index (χ2n) is 5.98. The molecule has 0 atom stereocenters. The molecule has 1 aromatic carbocycles. The lowest BCUT2D eigenvalue weighted by Crippen LogP contribution is -2.36. The van der Waals surface area contributed by atoms with E-state index in [2.05, 4.69) is 14.9 Å². The molecule has 0 aliphatic carbocycles. The minimum atomic E-state index is -0.00865. The fourth-order valence-electron chi connectivity index (χ4n) is 2.40. The van der Waals surface area contributed by atoms with E-state index < -0.39 is 0 Å². The monoisotopic (exact) mass is 330 g/mol. The van der Waals surface area contributed by atoms with Gasteiger partial charge in [0, 0.05) is 18.7 Å². The third-order valence-corrected chi connectivity index (χ3v) is 3.61. The van der Waals surface area contributed by atoms with E-state index in [0.29, 0.717) is 31.0 Å². The van der Waals surface area contributed by atoms with E-state index in [4.69, 9.17) is 4.74 Å². The molecule has 1 amide bonds. The molecule has 130 valence electrons. The SMILES string of the molecule is CCOc1cccc(C(=O)N(CCN(C)C)Cc2cnc(C)[nH]2)c1. The van der Waals surface area contributed by atoms with Crippen LogP contribution in [-0.2, 0) is 6.54 Å². The van der Waals surface area contributed by atoms with Crippen molar-refractivity contribution in [3.8, 4) is 5.75 Å². The van der Waals surface area contributed by atoms with E-state index in [1.807, 2.05) is 51.0 Å². The Morgan fingerprint density at radius 2 is 2.08 bits per heavy atom. The summed E-state index contributed by atoms with van der Waals surface area (Å²) in [5, 5.41) is 0. The van der Waals surface area contributed by atoms with Crippen molar-refractivity contribution in [1.29, 1.82) is 0 Å². The molecule has 24 heavy (non-hydrogen) atoms. The highest BCUT2D eigenvalue weighted by Crippen LogP contribution is 2.16. The zero-order valence-corrected chi connectivity index (χ0v) is 14.9. The summed E-state index contributed by atoms with van der Waals surface area (Å²) in [7, 11) is 4.00. The summed E-state index contributed by atoms with van der Waals surface area (Å²) >= 11 is 0. The topological polar surface area (TPSA) is 61.5 Å². The van der Waals surface area contributed by atoms with Gasteiger partial charge in [-0.05, 0) is 46.1 Å². The smallest absolute Gasteiger partial charge is 0.254 e. The van der Waals surface area contributed by atoms with Gasteiger partial charge in [-0.25, -0.2) is 4.98 Å². The van der Waals surface area contributed by atoms with Crippen LogP contribution in [0.4, 0.5) is 0 Å². The molecule has 1 heterocycles. The maximum absolute atomic E-state index is 12.9. The van der Waals surface area contributed by atoms with Crippen molar-refractivity contribution in [1.82, 2.24) is 19.8 Å². The second kappa shape index (κ2) is 8.49. The number of ether oxygens (including phenoxy) is 1. The van der Waals surface area contributed by atoms with Gasteiger partial charge >= 0.3 is 0 Å². The Morgan fingerprint density at radius 1 is 1.29 bits per heavy atom. The van der Waals surface area contributed by atoms with Gasteiger partial charge in [-0.15, -0.1) is 0 Å². The van der Waals surface area contributed by atoms with Crippen LogP contribution in [0.15, 0.2) is 30.5 Å². The number of amides is 1. The van der Waals surface area contributed by atoms with E-state index >= 15 is 0 Å². The van der Waals surface area contributed by atoms with Gasteiger partial charge in [-0.3, -0.25) is 4.79 Å². The molecule has 0 bridgehead atoms. The summed E-state index contributed by atoms with van der Waals surface area (Å²) in [4.78, 5) is 24.2. The maximum atomic E-state index is 12.9. The first-order chi connectivity index (χ1) is 11.5. The Bertz CT molecular complexity index is 667. The molecule has 1 N–H and O–H groups in total. The van der Waals surface area contributed by atoms with Crippen molar-refractivity contribution in [2.24, 2.45) is 0 Å². The average molecular weight is 330 g/mol. The normalized spacial score (nSPS) is 10.9. The first-order valence-electron chi connectivity index (χ1n) is 8.17. The number of H-pyrrole nitrogens is 1. The van der Waals surface area contributed by atoms with E-state index in [1.54, 1.807) is 12.3 Å². The Labute approximate surface area is 143 Å². The molecule has 6 heteroatoms. The van der Waals surface area contributed by atoms with Crippen LogP contribution in [0.5, 0.6) is 5.75 Å². The number of carbonyl (C=O) groups is 1. The summed E-state index contributed by atoms with van der Waals surface area (Å²) in [5.74, 6) is 1.56. The van der Waals surface area contributed by atoms with Crippen molar-refractivity contribution in [3.05, 3.63) is 47.5 Å². The lowest BCUT2D eigenvalue weighted by atomic mass is 10.2. The summed E-state index contributed by atoms with van der Waals surface area (Å²) in [5.41, 5.74) is 1.57. The molecule has 0 saturated heterocycles. The molecule has 0 spiro atoms. The minimum Gasteiger partial charge on any atom is -0.494 e. The van der Waals surface area contributed by atoms with Gasteiger partial charge in [0.2, 0.25) is 0 Å². The largest absolute Gasteiger partial charge is 0.494 e.